The van der Waals surface area contributed by atoms with Crippen molar-refractivity contribution in [3.05, 3.63) is 114 Å². The number of aliphatic carboxylic acids is 1. The summed E-state index contributed by atoms with van der Waals surface area (Å²) in [5.41, 5.74) is 6.60. The fourth-order valence-corrected chi connectivity index (χ4v) is 4.94. The van der Waals surface area contributed by atoms with E-state index in [1.54, 1.807) is 30.3 Å². The maximum Gasteiger partial charge on any atom is 0.407 e. The van der Waals surface area contributed by atoms with Gasteiger partial charge in [-0.15, -0.1) is 0 Å². The highest BCUT2D eigenvalue weighted by Crippen LogP contribution is 2.44. The molecule has 0 aliphatic heterocycles. The van der Waals surface area contributed by atoms with Crippen LogP contribution < -0.4 is 10.1 Å². The van der Waals surface area contributed by atoms with Crippen molar-refractivity contribution in [2.24, 2.45) is 0 Å². The summed E-state index contributed by atoms with van der Waals surface area (Å²) in [6, 6.07) is 26.3. The third kappa shape index (κ3) is 5.09. The van der Waals surface area contributed by atoms with E-state index >= 15 is 0 Å². The number of carbonyl (C=O) groups is 2. The zero-order valence-electron chi connectivity index (χ0n) is 20.7. The molecule has 5 rings (SSSR count). The minimum Gasteiger partial charge on any atom is -0.496 e. The molecule has 4 aromatic carbocycles. The van der Waals surface area contributed by atoms with Crippen molar-refractivity contribution in [2.75, 3.05) is 13.7 Å². The van der Waals surface area contributed by atoms with Gasteiger partial charge < -0.3 is 19.9 Å². The second-order valence-corrected chi connectivity index (χ2v) is 9.11. The molecule has 38 heavy (non-hydrogen) atoms. The van der Waals surface area contributed by atoms with E-state index in [1.165, 1.54) is 19.2 Å². The predicted molar refractivity (Wildman–Crippen MR) is 142 cm³/mol. The second-order valence-electron chi connectivity index (χ2n) is 9.11. The van der Waals surface area contributed by atoms with Gasteiger partial charge in [0.1, 0.15) is 24.2 Å². The van der Waals surface area contributed by atoms with Crippen LogP contribution in [-0.2, 0) is 16.0 Å². The molecule has 0 radical (unpaired) electrons. The number of benzene rings is 4. The smallest absolute Gasteiger partial charge is 0.407 e. The normalized spacial score (nSPS) is 12.8. The third-order valence-corrected chi connectivity index (χ3v) is 6.80. The zero-order valence-corrected chi connectivity index (χ0v) is 20.7. The Morgan fingerprint density at radius 3 is 2.13 bits per heavy atom. The lowest BCUT2D eigenvalue weighted by atomic mass is 9.98. The van der Waals surface area contributed by atoms with Crippen LogP contribution >= 0.6 is 0 Å². The van der Waals surface area contributed by atoms with Crippen LogP contribution in [0.3, 0.4) is 0 Å². The Labute approximate surface area is 219 Å². The molecule has 7 heteroatoms. The third-order valence-electron chi connectivity index (χ3n) is 6.80. The number of carboxylic acids is 1. The molecule has 6 nitrogen and oxygen atoms in total. The van der Waals surface area contributed by atoms with E-state index in [0.29, 0.717) is 16.9 Å². The maximum absolute atomic E-state index is 13.5. The summed E-state index contributed by atoms with van der Waals surface area (Å²) in [7, 11) is 1.47. The lowest BCUT2D eigenvalue weighted by Crippen LogP contribution is -2.42. The Morgan fingerprint density at radius 1 is 0.895 bits per heavy atom. The number of methoxy groups -OCH3 is 1. The molecule has 0 fully saturated rings. The van der Waals surface area contributed by atoms with E-state index in [9.17, 15) is 19.1 Å². The molecular weight excluding hydrogens is 485 g/mol. The van der Waals surface area contributed by atoms with Gasteiger partial charge in [0.25, 0.3) is 0 Å². The molecule has 4 aromatic rings. The Balaban J connectivity index is 1.24. The van der Waals surface area contributed by atoms with Crippen molar-refractivity contribution in [3.8, 4) is 28.0 Å². The molecule has 0 aromatic heterocycles. The lowest BCUT2D eigenvalue weighted by molar-refractivity contribution is -0.139. The van der Waals surface area contributed by atoms with Crippen LogP contribution in [0.5, 0.6) is 5.75 Å². The highest BCUT2D eigenvalue weighted by Gasteiger charge is 2.29. The highest BCUT2D eigenvalue weighted by molar-refractivity contribution is 5.81. The van der Waals surface area contributed by atoms with E-state index in [1.807, 2.05) is 48.5 Å². The van der Waals surface area contributed by atoms with Crippen LogP contribution in [0.25, 0.3) is 22.3 Å². The van der Waals surface area contributed by atoms with Gasteiger partial charge in [0.15, 0.2) is 0 Å². The van der Waals surface area contributed by atoms with Crippen LogP contribution in [0.2, 0.25) is 0 Å². The fraction of sp³-hybridized carbons (Fsp3) is 0.161. The monoisotopic (exact) mass is 511 g/mol. The molecule has 192 valence electrons. The number of hydrogen-bond acceptors (Lipinski definition) is 4. The van der Waals surface area contributed by atoms with Gasteiger partial charge in [-0.25, -0.2) is 14.0 Å². The largest absolute Gasteiger partial charge is 0.496 e. The Hall–Kier alpha value is -4.65. The Bertz CT molecular complexity index is 1440. The van der Waals surface area contributed by atoms with Gasteiger partial charge in [-0.1, -0.05) is 72.8 Å². The van der Waals surface area contributed by atoms with Crippen LogP contribution in [-0.4, -0.2) is 36.9 Å². The fourth-order valence-electron chi connectivity index (χ4n) is 4.94. The zero-order chi connectivity index (χ0) is 26.6. The summed E-state index contributed by atoms with van der Waals surface area (Å²) >= 11 is 0. The molecule has 1 atom stereocenters. The number of carboxylic acid groups (broad SMARTS) is 1. The number of hydrogen-bond donors (Lipinski definition) is 2. The maximum atomic E-state index is 13.5. The number of carbonyl (C=O) groups excluding carboxylic acids is 1. The molecule has 0 heterocycles. The first-order valence-corrected chi connectivity index (χ1v) is 12.2. The van der Waals surface area contributed by atoms with E-state index < -0.39 is 23.9 Å². The first-order chi connectivity index (χ1) is 18.4. The quantitative estimate of drug-likeness (QED) is 0.302. The van der Waals surface area contributed by atoms with Crippen molar-refractivity contribution in [1.82, 2.24) is 5.32 Å². The summed E-state index contributed by atoms with van der Waals surface area (Å²) in [6.45, 7) is 0.0976. The summed E-state index contributed by atoms with van der Waals surface area (Å²) in [4.78, 5) is 24.5. The van der Waals surface area contributed by atoms with E-state index in [2.05, 4.69) is 5.32 Å². The first kappa shape index (κ1) is 25.0. The van der Waals surface area contributed by atoms with Gasteiger partial charge in [0, 0.05) is 24.0 Å². The standard InChI is InChI=1S/C31H26FNO5/c1-37-29-17-21(32)14-15-22(29)20-12-10-19(11-13-20)16-28(30(34)35)33-31(36)38-18-27-25-8-4-2-6-23(25)24-7-3-5-9-26(24)27/h2-15,17,27-28H,16,18H2,1H3,(H,33,36)(H,34,35)/t28-/m0/s1. The number of amides is 1. The number of halogens is 1. The molecule has 1 amide bonds. The predicted octanol–water partition coefficient (Wildman–Crippen LogP) is 6.04. The summed E-state index contributed by atoms with van der Waals surface area (Å²) in [5, 5.41) is 12.2. The summed E-state index contributed by atoms with van der Waals surface area (Å²) in [6.07, 6.45) is -0.715. The molecular formula is C31H26FNO5. The molecule has 0 saturated carbocycles. The molecule has 1 aliphatic carbocycles. The van der Waals surface area contributed by atoms with Crippen molar-refractivity contribution >= 4 is 12.1 Å². The number of ether oxygens (including phenoxy) is 2. The summed E-state index contributed by atoms with van der Waals surface area (Å²) < 4.78 is 24.3. The van der Waals surface area contributed by atoms with Gasteiger partial charge in [0.2, 0.25) is 0 Å². The average Bonchev–Trinajstić information content (AvgIpc) is 3.25. The molecule has 0 bridgehead atoms. The molecule has 0 saturated heterocycles. The molecule has 0 unspecified atom stereocenters. The average molecular weight is 512 g/mol. The molecule has 1 aliphatic rings. The minimum absolute atomic E-state index is 0.0698. The van der Waals surface area contributed by atoms with E-state index in [4.69, 9.17) is 9.47 Å². The summed E-state index contributed by atoms with van der Waals surface area (Å²) in [5.74, 6) is -1.28. The van der Waals surface area contributed by atoms with Crippen LogP contribution in [0.1, 0.15) is 22.6 Å². The lowest BCUT2D eigenvalue weighted by Gasteiger charge is -2.18. The highest BCUT2D eigenvalue weighted by atomic mass is 19.1. The van der Waals surface area contributed by atoms with Crippen LogP contribution in [0.15, 0.2) is 91.0 Å². The van der Waals surface area contributed by atoms with E-state index in [0.717, 1.165) is 27.8 Å². The SMILES string of the molecule is COc1cc(F)ccc1-c1ccc(C[C@H](NC(=O)OCC2c3ccccc3-c3ccccc32)C(=O)O)cc1. The Kier molecular flexibility index (Phi) is 7.09. The topological polar surface area (TPSA) is 84.9 Å². The van der Waals surface area contributed by atoms with E-state index in [-0.39, 0.29) is 18.9 Å². The number of nitrogens with one attached hydrogen (secondary N) is 1. The van der Waals surface area contributed by atoms with Gasteiger partial charge in [-0.2, -0.15) is 0 Å². The first-order valence-electron chi connectivity index (χ1n) is 12.2. The molecule has 0 spiro atoms. The van der Waals surface area contributed by atoms with Gasteiger partial charge in [-0.05, 0) is 45.5 Å². The number of alkyl carbamates (subject to hydrolysis) is 1. The minimum atomic E-state index is -1.17. The van der Waals surface area contributed by atoms with Gasteiger partial charge in [0.05, 0.1) is 7.11 Å². The number of fused-ring (bicyclic) bond motifs is 3. The van der Waals surface area contributed by atoms with Gasteiger partial charge >= 0.3 is 12.1 Å². The van der Waals surface area contributed by atoms with Crippen LogP contribution in [0.4, 0.5) is 9.18 Å². The molecule has 2 N–H and O–H groups in total. The van der Waals surface area contributed by atoms with Crippen molar-refractivity contribution < 1.29 is 28.6 Å². The second kappa shape index (κ2) is 10.8. The van der Waals surface area contributed by atoms with Crippen molar-refractivity contribution in [3.63, 3.8) is 0 Å². The van der Waals surface area contributed by atoms with Crippen molar-refractivity contribution in [1.29, 1.82) is 0 Å². The van der Waals surface area contributed by atoms with Gasteiger partial charge in [-0.3, -0.25) is 0 Å². The number of rotatable bonds is 8. The Morgan fingerprint density at radius 2 is 1.53 bits per heavy atom. The van der Waals surface area contributed by atoms with Crippen LogP contribution in [0, 0.1) is 5.82 Å². The van der Waals surface area contributed by atoms with Crippen molar-refractivity contribution in [2.45, 2.75) is 18.4 Å².